The maximum absolute atomic E-state index is 13.7. The molecule has 0 heterocycles. The zero-order valence-electron chi connectivity index (χ0n) is 21.4. The molecule has 0 saturated heterocycles. The van der Waals surface area contributed by atoms with Gasteiger partial charge in [-0.3, -0.25) is 4.79 Å². The van der Waals surface area contributed by atoms with Gasteiger partial charge in [0.2, 0.25) is 5.91 Å². The van der Waals surface area contributed by atoms with Gasteiger partial charge in [-0.1, -0.05) is 121 Å². The second-order valence-corrected chi connectivity index (χ2v) is 13.8. The minimum Gasteiger partial charge on any atom is -0.341 e. The van der Waals surface area contributed by atoms with Gasteiger partial charge in [0.15, 0.2) is 0 Å². The van der Waals surface area contributed by atoms with Crippen LogP contribution in [0, 0.1) is 31.6 Å². The van der Waals surface area contributed by atoms with Crippen molar-refractivity contribution >= 4 is 43.0 Å². The van der Waals surface area contributed by atoms with E-state index in [4.69, 9.17) is 0 Å². The smallest absolute Gasteiger partial charge is 0.230 e. The molecule has 38 heavy (non-hydrogen) atoms. The molecule has 1 fully saturated rings. The summed E-state index contributed by atoms with van der Waals surface area (Å²) >= 11 is 0. The van der Waals surface area contributed by atoms with E-state index in [1.54, 1.807) is 0 Å². The van der Waals surface area contributed by atoms with Gasteiger partial charge >= 0.3 is 0 Å². The summed E-state index contributed by atoms with van der Waals surface area (Å²) in [5.74, 6) is 0.902. The fourth-order valence-electron chi connectivity index (χ4n) is 4.70. The van der Waals surface area contributed by atoms with Crippen molar-refractivity contribution in [2.75, 3.05) is 25.4 Å². The molecule has 1 aliphatic rings. The minimum atomic E-state index is -0.568. The first-order valence-electron chi connectivity index (χ1n) is 13.1. The first-order valence-corrected chi connectivity index (χ1v) is 16.1. The Balaban J connectivity index is 1.38. The largest absolute Gasteiger partial charge is 0.341 e. The number of benzene rings is 4. The van der Waals surface area contributed by atoms with Crippen molar-refractivity contribution in [3.8, 4) is 0 Å². The number of amides is 1. The number of hydrogen-bond acceptors (Lipinski definition) is 1. The summed E-state index contributed by atoms with van der Waals surface area (Å²) in [5.41, 5.74) is 0. The summed E-state index contributed by atoms with van der Waals surface area (Å²) in [7, 11) is -1.14. The lowest BCUT2D eigenvalue weighted by molar-refractivity contribution is -0.127. The molecule has 5 radical (unpaired) electrons. The summed E-state index contributed by atoms with van der Waals surface area (Å²) < 4.78 is 0. The summed E-state index contributed by atoms with van der Waals surface area (Å²) in [6.45, 7) is 1.46. The van der Waals surface area contributed by atoms with Gasteiger partial charge in [-0.25, -0.2) is 0 Å². The summed E-state index contributed by atoms with van der Waals surface area (Å²) in [6, 6.07) is 43.1. The number of nitrogens with zero attached hydrogens (tertiary/aromatic N) is 1. The van der Waals surface area contributed by atoms with E-state index in [1.165, 1.54) is 21.2 Å². The summed E-state index contributed by atoms with van der Waals surface area (Å²) in [4.78, 5) is 15.8. The van der Waals surface area contributed by atoms with Crippen LogP contribution in [0.4, 0.5) is 0 Å². The van der Waals surface area contributed by atoms with E-state index in [2.05, 4.69) is 126 Å². The molecule has 5 rings (SSSR count). The van der Waals surface area contributed by atoms with E-state index in [0.717, 1.165) is 31.3 Å². The van der Waals surface area contributed by atoms with Gasteiger partial charge in [0.25, 0.3) is 0 Å². The SMILES string of the molecule is O=C([C]1[CH][CH][CH][CH]1)N(CCP(c1ccccc1)c1ccccc1)CCP(c1ccccc1)c1ccccc1. The zero-order valence-corrected chi connectivity index (χ0v) is 23.2. The molecular formula is C34H32NOP2. The minimum absolute atomic E-state index is 0.127. The maximum Gasteiger partial charge on any atom is 0.230 e. The van der Waals surface area contributed by atoms with Crippen molar-refractivity contribution in [1.82, 2.24) is 4.90 Å². The fraction of sp³-hybridized carbons (Fsp3) is 0.118. The topological polar surface area (TPSA) is 20.3 Å². The van der Waals surface area contributed by atoms with Gasteiger partial charge in [0, 0.05) is 13.1 Å². The molecular weight excluding hydrogens is 500 g/mol. The van der Waals surface area contributed by atoms with Crippen LogP contribution in [0.5, 0.6) is 0 Å². The van der Waals surface area contributed by atoms with Crippen LogP contribution < -0.4 is 21.2 Å². The van der Waals surface area contributed by atoms with Crippen LogP contribution in [0.1, 0.15) is 0 Å². The molecule has 0 aliphatic heterocycles. The number of hydrogen-bond donors (Lipinski definition) is 0. The molecule has 4 heteroatoms. The molecule has 0 bridgehead atoms. The number of rotatable bonds is 11. The van der Waals surface area contributed by atoms with Crippen LogP contribution in [0.2, 0.25) is 0 Å². The lowest BCUT2D eigenvalue weighted by Crippen LogP contribution is -2.39. The predicted molar refractivity (Wildman–Crippen MR) is 165 cm³/mol. The van der Waals surface area contributed by atoms with Crippen molar-refractivity contribution in [3.63, 3.8) is 0 Å². The Morgan fingerprint density at radius 1 is 0.500 bits per heavy atom. The molecule has 0 spiro atoms. The van der Waals surface area contributed by atoms with Crippen LogP contribution >= 0.6 is 15.8 Å². The zero-order chi connectivity index (χ0) is 26.0. The van der Waals surface area contributed by atoms with Crippen LogP contribution in [-0.2, 0) is 4.79 Å². The van der Waals surface area contributed by atoms with Gasteiger partial charge in [-0.05, 0) is 75.1 Å². The molecule has 4 aromatic rings. The Hall–Kier alpha value is -2.79. The quantitative estimate of drug-likeness (QED) is 0.234. The molecule has 189 valence electrons. The Labute approximate surface area is 230 Å². The van der Waals surface area contributed by atoms with E-state index in [1.807, 2.05) is 25.7 Å². The second kappa shape index (κ2) is 13.8. The molecule has 0 atom stereocenters. The van der Waals surface area contributed by atoms with Crippen molar-refractivity contribution in [2.24, 2.45) is 0 Å². The van der Waals surface area contributed by atoms with E-state index in [-0.39, 0.29) is 5.91 Å². The molecule has 1 saturated carbocycles. The molecule has 0 aromatic heterocycles. The van der Waals surface area contributed by atoms with Gasteiger partial charge in [0.05, 0.1) is 5.92 Å². The molecule has 0 unspecified atom stereocenters. The first kappa shape index (κ1) is 26.8. The van der Waals surface area contributed by atoms with Gasteiger partial charge < -0.3 is 4.90 Å². The lowest BCUT2D eigenvalue weighted by atomic mass is 10.1. The highest BCUT2D eigenvalue weighted by molar-refractivity contribution is 7.73. The van der Waals surface area contributed by atoms with Crippen molar-refractivity contribution < 1.29 is 4.79 Å². The van der Waals surface area contributed by atoms with E-state index in [0.29, 0.717) is 0 Å². The molecule has 2 nitrogen and oxygen atoms in total. The Morgan fingerprint density at radius 3 is 1.13 bits per heavy atom. The van der Waals surface area contributed by atoms with Crippen LogP contribution in [-0.4, -0.2) is 36.2 Å². The van der Waals surface area contributed by atoms with E-state index < -0.39 is 15.8 Å². The Morgan fingerprint density at radius 2 is 0.816 bits per heavy atom. The van der Waals surface area contributed by atoms with Crippen molar-refractivity contribution in [2.45, 2.75) is 0 Å². The fourth-order valence-corrected chi connectivity index (χ4v) is 9.34. The highest BCUT2D eigenvalue weighted by Crippen LogP contribution is 2.36. The van der Waals surface area contributed by atoms with Gasteiger partial charge in [0.1, 0.15) is 0 Å². The number of carbonyl (C=O) groups is 1. The summed E-state index contributed by atoms with van der Waals surface area (Å²) in [6.07, 6.45) is 9.64. The highest BCUT2D eigenvalue weighted by Gasteiger charge is 2.30. The predicted octanol–water partition coefficient (Wildman–Crippen LogP) is 5.49. The van der Waals surface area contributed by atoms with Crippen LogP contribution in [0.25, 0.3) is 0 Å². The average Bonchev–Trinajstić information content (AvgIpc) is 3.54. The van der Waals surface area contributed by atoms with Gasteiger partial charge in [-0.15, -0.1) is 0 Å². The third-order valence-electron chi connectivity index (χ3n) is 6.66. The maximum atomic E-state index is 13.7. The first-order chi connectivity index (χ1) is 18.8. The van der Waals surface area contributed by atoms with Gasteiger partial charge in [-0.2, -0.15) is 0 Å². The average molecular weight is 533 g/mol. The van der Waals surface area contributed by atoms with E-state index in [9.17, 15) is 4.79 Å². The molecule has 0 N–H and O–H groups in total. The van der Waals surface area contributed by atoms with Crippen molar-refractivity contribution in [1.29, 1.82) is 0 Å². The van der Waals surface area contributed by atoms with Crippen LogP contribution in [0.15, 0.2) is 121 Å². The Kier molecular flexibility index (Phi) is 9.76. The molecule has 1 amide bonds. The monoisotopic (exact) mass is 532 g/mol. The summed E-state index contributed by atoms with van der Waals surface area (Å²) in [5, 5.41) is 5.41. The lowest BCUT2D eigenvalue weighted by Gasteiger charge is -2.30. The highest BCUT2D eigenvalue weighted by atomic mass is 31.1. The van der Waals surface area contributed by atoms with E-state index >= 15 is 0 Å². The second-order valence-electron chi connectivity index (χ2n) is 9.11. The number of carbonyl (C=O) groups excluding carboxylic acids is 1. The standard InChI is InChI=1S/C34H32NOP2/c36-34(29-15-13-14-16-29)35(25-27-37(30-17-5-1-6-18-30)31-19-7-2-8-20-31)26-28-38(32-21-9-3-10-22-32)33-23-11-4-12-24-33/h1-24H,25-28H2. The van der Waals surface area contributed by atoms with Crippen molar-refractivity contribution in [3.05, 3.63) is 153 Å². The molecule has 4 aromatic carbocycles. The van der Waals surface area contributed by atoms with Crippen LogP contribution in [0.3, 0.4) is 0 Å². The third-order valence-corrected chi connectivity index (χ3v) is 11.6. The third kappa shape index (κ3) is 6.99. The molecule has 1 aliphatic carbocycles. The normalized spacial score (nSPS) is 13.7. The Bertz CT molecular complexity index is 1080.